The Balaban J connectivity index is 2.37. The van der Waals surface area contributed by atoms with Crippen molar-refractivity contribution in [1.29, 1.82) is 0 Å². The van der Waals surface area contributed by atoms with Crippen LogP contribution in [0.3, 0.4) is 0 Å². The van der Waals surface area contributed by atoms with Crippen LogP contribution in [0.2, 0.25) is 0 Å². The van der Waals surface area contributed by atoms with Gasteiger partial charge in [0, 0.05) is 6.61 Å². The lowest BCUT2D eigenvalue weighted by Gasteiger charge is -2.38. The van der Waals surface area contributed by atoms with E-state index in [0.29, 0.717) is 18.3 Å². The molecule has 0 spiro atoms. The monoisotopic (exact) mass is 252 g/mol. The summed E-state index contributed by atoms with van der Waals surface area (Å²) in [6.45, 7) is 4.71. The molecule has 2 rings (SSSR count). The summed E-state index contributed by atoms with van der Waals surface area (Å²) in [5.41, 5.74) is -0.880. The summed E-state index contributed by atoms with van der Waals surface area (Å²) in [6, 6.07) is 1.08. The summed E-state index contributed by atoms with van der Waals surface area (Å²) in [7, 11) is 0. The second-order valence-corrected chi connectivity index (χ2v) is 5.06. The number of nitrogens with zero attached hydrogens (tertiary/aromatic N) is 1. The van der Waals surface area contributed by atoms with Crippen LogP contribution in [-0.4, -0.2) is 21.7 Å². The van der Waals surface area contributed by atoms with Crippen molar-refractivity contribution in [3.8, 4) is 5.88 Å². The Morgan fingerprint density at radius 1 is 1.56 bits per heavy atom. The van der Waals surface area contributed by atoms with Crippen molar-refractivity contribution in [1.82, 2.24) is 9.97 Å². The first kappa shape index (κ1) is 13.1. The summed E-state index contributed by atoms with van der Waals surface area (Å²) in [4.78, 5) is 18.2. The average Bonchev–Trinajstić information content (AvgIpc) is 2.31. The fourth-order valence-electron chi connectivity index (χ4n) is 2.61. The van der Waals surface area contributed by atoms with Crippen molar-refractivity contribution in [3.05, 3.63) is 22.2 Å². The van der Waals surface area contributed by atoms with E-state index < -0.39 is 5.60 Å². The number of hydrogen-bond donors (Lipinski definition) is 2. The Bertz CT molecular complexity index is 462. The quantitative estimate of drug-likeness (QED) is 0.861. The normalized spacial score (nSPS) is 28.2. The molecule has 0 radical (unpaired) electrons. The van der Waals surface area contributed by atoms with Crippen LogP contribution in [0.25, 0.3) is 0 Å². The predicted molar refractivity (Wildman–Crippen MR) is 67.5 cm³/mol. The SMILES string of the molecule is CCOC1(c2nc(O)cc(=O)[nH]2)CCC(C)CC1. The van der Waals surface area contributed by atoms with Gasteiger partial charge in [0.2, 0.25) is 5.88 Å². The van der Waals surface area contributed by atoms with Crippen molar-refractivity contribution in [3.63, 3.8) is 0 Å². The van der Waals surface area contributed by atoms with Crippen molar-refractivity contribution in [2.75, 3.05) is 6.61 Å². The molecule has 0 aliphatic heterocycles. The highest BCUT2D eigenvalue weighted by Crippen LogP contribution is 2.40. The third kappa shape index (κ3) is 2.56. The molecule has 1 aliphatic carbocycles. The first-order chi connectivity index (χ1) is 8.55. The molecule has 2 N–H and O–H groups in total. The Hall–Kier alpha value is -1.36. The van der Waals surface area contributed by atoms with Gasteiger partial charge < -0.3 is 14.8 Å². The minimum Gasteiger partial charge on any atom is -0.493 e. The number of aromatic hydroxyl groups is 1. The van der Waals surface area contributed by atoms with Crippen molar-refractivity contribution in [2.24, 2.45) is 5.92 Å². The standard InChI is InChI=1S/C13H20N2O3/c1-3-18-13(6-4-9(2)5-7-13)12-14-10(16)8-11(17)15-12/h8-9H,3-7H2,1-2H3,(H2,14,15,16,17). The predicted octanol–water partition coefficient (Wildman–Crippen LogP) is 1.92. The van der Waals surface area contributed by atoms with E-state index in [4.69, 9.17) is 4.74 Å². The highest BCUT2D eigenvalue weighted by atomic mass is 16.5. The molecule has 18 heavy (non-hydrogen) atoms. The van der Waals surface area contributed by atoms with Gasteiger partial charge in [0.15, 0.2) is 0 Å². The molecular weight excluding hydrogens is 232 g/mol. The van der Waals surface area contributed by atoms with Crippen LogP contribution in [0, 0.1) is 5.92 Å². The molecule has 1 saturated carbocycles. The van der Waals surface area contributed by atoms with E-state index in [1.165, 1.54) is 0 Å². The molecule has 0 saturated heterocycles. The Kier molecular flexibility index (Phi) is 3.71. The van der Waals surface area contributed by atoms with E-state index in [1.54, 1.807) is 0 Å². The van der Waals surface area contributed by atoms with E-state index in [2.05, 4.69) is 16.9 Å². The molecule has 1 aromatic rings. The van der Waals surface area contributed by atoms with Gasteiger partial charge in [-0.25, -0.2) is 0 Å². The molecule has 0 unspecified atom stereocenters. The maximum absolute atomic E-state index is 11.5. The van der Waals surface area contributed by atoms with Gasteiger partial charge in [-0.15, -0.1) is 0 Å². The van der Waals surface area contributed by atoms with Gasteiger partial charge in [-0.05, 0) is 38.5 Å². The van der Waals surface area contributed by atoms with Crippen molar-refractivity contribution < 1.29 is 9.84 Å². The van der Waals surface area contributed by atoms with Crippen LogP contribution in [0.15, 0.2) is 10.9 Å². The van der Waals surface area contributed by atoms with Crippen molar-refractivity contribution in [2.45, 2.75) is 45.1 Å². The second-order valence-electron chi connectivity index (χ2n) is 5.06. The molecule has 1 aliphatic rings. The highest BCUT2D eigenvalue weighted by molar-refractivity contribution is 5.12. The van der Waals surface area contributed by atoms with Crippen LogP contribution in [-0.2, 0) is 10.3 Å². The molecule has 0 amide bonds. The maximum atomic E-state index is 11.5. The topological polar surface area (TPSA) is 75.2 Å². The fraction of sp³-hybridized carbons (Fsp3) is 0.692. The molecule has 0 aromatic carbocycles. The molecule has 5 heteroatoms. The van der Waals surface area contributed by atoms with E-state index in [-0.39, 0.29) is 11.4 Å². The van der Waals surface area contributed by atoms with Gasteiger partial charge in [0.25, 0.3) is 5.56 Å². The van der Waals surface area contributed by atoms with Gasteiger partial charge >= 0.3 is 0 Å². The number of nitrogens with one attached hydrogen (secondary N) is 1. The summed E-state index contributed by atoms with van der Waals surface area (Å²) < 4.78 is 5.87. The van der Waals surface area contributed by atoms with Gasteiger partial charge in [-0.2, -0.15) is 4.98 Å². The highest BCUT2D eigenvalue weighted by Gasteiger charge is 2.39. The zero-order valence-corrected chi connectivity index (χ0v) is 10.9. The van der Waals surface area contributed by atoms with Gasteiger partial charge in [0.05, 0.1) is 6.07 Å². The van der Waals surface area contributed by atoms with E-state index in [9.17, 15) is 9.90 Å². The number of H-pyrrole nitrogens is 1. The second kappa shape index (κ2) is 5.10. The van der Waals surface area contributed by atoms with Crippen LogP contribution >= 0.6 is 0 Å². The van der Waals surface area contributed by atoms with Gasteiger partial charge in [0.1, 0.15) is 11.4 Å². The third-order valence-corrected chi connectivity index (χ3v) is 3.66. The molecule has 0 atom stereocenters. The van der Waals surface area contributed by atoms with Crippen LogP contribution < -0.4 is 5.56 Å². The summed E-state index contributed by atoms with van der Waals surface area (Å²) in [6.07, 6.45) is 3.74. The van der Waals surface area contributed by atoms with Crippen LogP contribution in [0.4, 0.5) is 0 Å². The van der Waals surface area contributed by atoms with Crippen LogP contribution in [0.1, 0.15) is 45.4 Å². The molecule has 1 fully saturated rings. The molecule has 1 aromatic heterocycles. The Morgan fingerprint density at radius 2 is 2.22 bits per heavy atom. The van der Waals surface area contributed by atoms with Gasteiger partial charge in [-0.1, -0.05) is 6.92 Å². The average molecular weight is 252 g/mol. The number of ether oxygens (including phenoxy) is 1. The molecule has 1 heterocycles. The minimum atomic E-state index is -0.542. The number of rotatable bonds is 3. The summed E-state index contributed by atoms with van der Waals surface area (Å²) in [5.74, 6) is 0.885. The Morgan fingerprint density at radius 3 is 2.78 bits per heavy atom. The number of hydrogen-bond acceptors (Lipinski definition) is 4. The number of aromatic amines is 1. The zero-order chi connectivity index (χ0) is 13.2. The fourth-order valence-corrected chi connectivity index (χ4v) is 2.61. The lowest BCUT2D eigenvalue weighted by atomic mass is 9.79. The smallest absolute Gasteiger partial charge is 0.254 e. The first-order valence-corrected chi connectivity index (χ1v) is 6.50. The third-order valence-electron chi connectivity index (χ3n) is 3.66. The molecule has 0 bridgehead atoms. The Labute approximate surface area is 106 Å². The lowest BCUT2D eigenvalue weighted by Crippen LogP contribution is -2.37. The molecule has 5 nitrogen and oxygen atoms in total. The lowest BCUT2D eigenvalue weighted by molar-refractivity contribution is -0.0841. The zero-order valence-electron chi connectivity index (χ0n) is 10.9. The van der Waals surface area contributed by atoms with Crippen molar-refractivity contribution >= 4 is 0 Å². The summed E-state index contributed by atoms with van der Waals surface area (Å²) >= 11 is 0. The first-order valence-electron chi connectivity index (χ1n) is 6.50. The summed E-state index contributed by atoms with van der Waals surface area (Å²) in [5, 5.41) is 9.47. The number of aromatic nitrogens is 2. The van der Waals surface area contributed by atoms with Gasteiger partial charge in [-0.3, -0.25) is 4.79 Å². The van der Waals surface area contributed by atoms with Crippen LogP contribution in [0.5, 0.6) is 5.88 Å². The van der Waals surface area contributed by atoms with E-state index >= 15 is 0 Å². The van der Waals surface area contributed by atoms with E-state index in [1.807, 2.05) is 6.92 Å². The minimum absolute atomic E-state index is 0.244. The molecular formula is C13H20N2O3. The largest absolute Gasteiger partial charge is 0.493 e. The molecule has 100 valence electrons. The van der Waals surface area contributed by atoms with E-state index in [0.717, 1.165) is 31.7 Å². The maximum Gasteiger partial charge on any atom is 0.254 e.